The smallest absolute Gasteiger partial charge is 0.240 e. The van der Waals surface area contributed by atoms with Crippen molar-refractivity contribution in [3.63, 3.8) is 0 Å². The van der Waals surface area contributed by atoms with Crippen molar-refractivity contribution < 1.29 is 52.8 Å². The molecule has 0 unspecified atom stereocenters. The van der Waals surface area contributed by atoms with Gasteiger partial charge < -0.3 is 0 Å². The molecule has 0 saturated heterocycles. The first-order valence-electron chi connectivity index (χ1n) is 24.7. The lowest BCUT2D eigenvalue weighted by Gasteiger charge is -2.11. The molecule has 9 aromatic rings. The molecule has 0 aliphatic rings. The number of halogens is 3. The summed E-state index contributed by atoms with van der Waals surface area (Å²) in [6.07, 6.45) is 4.83. The molecule has 2 aromatic heterocycles. The van der Waals surface area contributed by atoms with Crippen molar-refractivity contribution >= 4 is 47.4 Å². The van der Waals surface area contributed by atoms with Crippen LogP contribution in [0.4, 0.5) is 13.2 Å². The molecule has 0 radical (unpaired) electrons. The molecule has 0 saturated carbocycles. The van der Waals surface area contributed by atoms with Crippen molar-refractivity contribution in [1.29, 1.82) is 0 Å². The zero-order valence-corrected chi connectivity index (χ0v) is 46.1. The predicted molar refractivity (Wildman–Crippen MR) is 303 cm³/mol. The van der Waals surface area contributed by atoms with Gasteiger partial charge in [0.1, 0.15) is 17.5 Å². The maximum atomic E-state index is 14.5. The van der Waals surface area contributed by atoms with E-state index in [4.69, 9.17) is 0 Å². The van der Waals surface area contributed by atoms with Crippen LogP contribution in [0.3, 0.4) is 0 Å². The molecule has 81 heavy (non-hydrogen) atoms. The number of nitrogens with zero attached hydrogens (tertiary/aromatic N) is 2. The van der Waals surface area contributed by atoms with Gasteiger partial charge in [0.05, 0.1) is 56.7 Å². The van der Waals surface area contributed by atoms with Gasteiger partial charge in [-0.2, -0.15) is 0 Å². The minimum absolute atomic E-state index is 0.0386. The number of nitrogens with one attached hydrogen (secondary N) is 3. The Hall–Kier alpha value is -8.63. The minimum Gasteiger partial charge on any atom is -0.293 e. The third kappa shape index (κ3) is 15.8. The van der Waals surface area contributed by atoms with Gasteiger partial charge in [0.2, 0.25) is 30.1 Å². The number of Topliss-reactive ketones (excluding diaryl/α,β-unsaturated/α-hetero) is 3. The van der Waals surface area contributed by atoms with E-state index in [-0.39, 0.29) is 36.9 Å². The molecular formula is C61H52F3N5O9S3. The quantitative estimate of drug-likeness (QED) is 0.0687. The minimum atomic E-state index is -3.85. The predicted octanol–water partition coefficient (Wildman–Crippen LogP) is 10.7. The highest BCUT2D eigenvalue weighted by atomic mass is 32.2. The Morgan fingerprint density at radius 1 is 0.383 bits per heavy atom. The summed E-state index contributed by atoms with van der Waals surface area (Å²) in [6, 6.07) is 50.3. The first kappa shape index (κ1) is 60.0. The van der Waals surface area contributed by atoms with Crippen LogP contribution < -0.4 is 14.2 Å². The monoisotopic (exact) mass is 1150 g/mol. The summed E-state index contributed by atoms with van der Waals surface area (Å²) in [6.45, 7) is 3.08. The number of hydrogen-bond acceptors (Lipinski definition) is 11. The molecule has 414 valence electrons. The number of ketones is 3. The van der Waals surface area contributed by atoms with E-state index in [0.717, 1.165) is 11.1 Å². The van der Waals surface area contributed by atoms with Gasteiger partial charge in [0, 0.05) is 29.7 Å². The van der Waals surface area contributed by atoms with Gasteiger partial charge in [-0.25, -0.2) is 52.6 Å². The maximum absolute atomic E-state index is 14.5. The van der Waals surface area contributed by atoms with Gasteiger partial charge in [-0.15, -0.1) is 0 Å². The lowest BCUT2D eigenvalue weighted by molar-refractivity contribution is 0.0985. The first-order valence-corrected chi connectivity index (χ1v) is 29.1. The summed E-state index contributed by atoms with van der Waals surface area (Å²) < 4.78 is 124. The van der Waals surface area contributed by atoms with Crippen molar-refractivity contribution in [3.8, 4) is 33.5 Å². The molecule has 0 fully saturated rings. The van der Waals surface area contributed by atoms with E-state index in [2.05, 4.69) is 24.1 Å². The zero-order chi connectivity index (χ0) is 58.3. The summed E-state index contributed by atoms with van der Waals surface area (Å²) in [7, 11) is -11.5. The van der Waals surface area contributed by atoms with Crippen LogP contribution in [0.2, 0.25) is 0 Å². The van der Waals surface area contributed by atoms with E-state index in [1.807, 2.05) is 30.3 Å². The Balaban J connectivity index is 0.000000175. The number of aromatic nitrogens is 2. The Kier molecular flexibility index (Phi) is 20.0. The lowest BCUT2D eigenvalue weighted by atomic mass is 9.98. The van der Waals surface area contributed by atoms with Gasteiger partial charge in [0.15, 0.2) is 17.3 Å². The number of benzene rings is 7. The number of carbonyl (C=O) groups is 3. The number of sulfonamides is 3. The van der Waals surface area contributed by atoms with Gasteiger partial charge in [0.25, 0.3) is 0 Å². The zero-order valence-electron chi connectivity index (χ0n) is 43.7. The van der Waals surface area contributed by atoms with E-state index < -0.39 is 84.5 Å². The molecular weight excluding hydrogens is 1100 g/mol. The van der Waals surface area contributed by atoms with Crippen molar-refractivity contribution in [2.75, 3.05) is 19.6 Å². The molecule has 20 heteroatoms. The third-order valence-electron chi connectivity index (χ3n) is 12.2. The van der Waals surface area contributed by atoms with Crippen LogP contribution in [-0.2, 0) is 30.1 Å². The van der Waals surface area contributed by atoms with E-state index in [1.54, 1.807) is 142 Å². The highest BCUT2D eigenvalue weighted by Crippen LogP contribution is 2.28. The fourth-order valence-electron chi connectivity index (χ4n) is 7.91. The van der Waals surface area contributed by atoms with E-state index in [1.165, 1.54) is 54.6 Å². The van der Waals surface area contributed by atoms with Gasteiger partial charge >= 0.3 is 0 Å². The molecule has 7 aromatic carbocycles. The van der Waals surface area contributed by atoms with Crippen LogP contribution in [0, 0.1) is 38.2 Å². The molecule has 3 N–H and O–H groups in total. The summed E-state index contributed by atoms with van der Waals surface area (Å²) in [5.41, 5.74) is 4.53. The number of hydrogen-bond donors (Lipinski definition) is 3. The lowest BCUT2D eigenvalue weighted by Crippen LogP contribution is -2.30. The fraction of sp³-hybridized carbons (Fsp3) is 0.0984. The highest BCUT2D eigenvalue weighted by Gasteiger charge is 2.23. The van der Waals surface area contributed by atoms with Gasteiger partial charge in [-0.05, 0) is 145 Å². The number of aryl methyl sites for hydroxylation is 3. The average Bonchev–Trinajstić information content (AvgIpc) is 3.60. The second kappa shape index (κ2) is 27.0. The normalized spacial score (nSPS) is 11.3. The Bertz CT molecular complexity index is 3620. The third-order valence-corrected chi connectivity index (χ3v) is 16.4. The molecule has 0 aliphatic carbocycles. The van der Waals surface area contributed by atoms with Crippen LogP contribution in [0.15, 0.2) is 221 Å². The topological polar surface area (TPSA) is 215 Å². The van der Waals surface area contributed by atoms with Gasteiger partial charge in [-0.3, -0.25) is 24.4 Å². The molecule has 0 atom stereocenters. The van der Waals surface area contributed by atoms with E-state index in [0.29, 0.717) is 33.5 Å². The van der Waals surface area contributed by atoms with Gasteiger partial charge in [-0.1, -0.05) is 97.1 Å². The summed E-state index contributed by atoms with van der Waals surface area (Å²) in [5, 5.41) is 0. The summed E-state index contributed by atoms with van der Waals surface area (Å²) in [5.74, 6) is -3.91. The molecule has 0 spiro atoms. The molecule has 0 amide bonds. The van der Waals surface area contributed by atoms with Crippen LogP contribution in [0.25, 0.3) is 33.5 Å². The Morgan fingerprint density at radius 2 is 0.716 bits per heavy atom. The second-order valence-electron chi connectivity index (χ2n) is 18.0. The molecule has 0 bridgehead atoms. The van der Waals surface area contributed by atoms with Crippen molar-refractivity contribution in [2.45, 2.75) is 35.5 Å². The fourth-order valence-corrected chi connectivity index (χ4v) is 10.9. The number of rotatable bonds is 18. The molecule has 14 nitrogen and oxygen atoms in total. The summed E-state index contributed by atoms with van der Waals surface area (Å²) >= 11 is 0. The Labute approximate surface area is 468 Å². The van der Waals surface area contributed by atoms with E-state index >= 15 is 0 Å². The number of pyridine rings is 2. The first-order chi connectivity index (χ1) is 38.6. The molecule has 0 aliphatic heterocycles. The maximum Gasteiger partial charge on any atom is 0.240 e. The molecule has 9 rings (SSSR count). The van der Waals surface area contributed by atoms with Crippen LogP contribution in [0.5, 0.6) is 0 Å². The van der Waals surface area contributed by atoms with Crippen molar-refractivity contribution in [1.82, 2.24) is 24.1 Å². The molecule has 2 heterocycles. The van der Waals surface area contributed by atoms with Crippen molar-refractivity contribution in [2.24, 2.45) is 0 Å². The van der Waals surface area contributed by atoms with Crippen molar-refractivity contribution in [3.05, 3.63) is 257 Å². The average molecular weight is 1150 g/mol. The Morgan fingerprint density at radius 3 is 1.07 bits per heavy atom. The van der Waals surface area contributed by atoms with Crippen LogP contribution >= 0.6 is 0 Å². The van der Waals surface area contributed by atoms with Crippen LogP contribution in [0.1, 0.15) is 47.8 Å². The highest BCUT2D eigenvalue weighted by molar-refractivity contribution is 7.90. The van der Waals surface area contributed by atoms with Crippen LogP contribution in [-0.4, -0.2) is 72.2 Å². The summed E-state index contributed by atoms with van der Waals surface area (Å²) in [4.78, 5) is 45.8. The standard InChI is InChI=1S/C21H18FNO3S.2C20H17FN2O3S/c1-15-12-17(16-8-4-2-5-9-16)13-19(21(15)22)20(24)14-23-27(25,26)18-10-6-3-7-11-18;1-14-10-16(15-6-5-9-22-12-15)11-18(20(14)21)19(24)13-23-27(25,26)17-7-3-2-4-8-17;1-14-11-15(18-9-5-6-10-22-18)12-17(20(14)21)19(24)13-23-27(25,26)16-7-3-2-4-8-16/h2-13,23H,14H2,1H3;2*2-12,23H,13H2,1H3. The largest absolute Gasteiger partial charge is 0.293 e. The number of carbonyl (C=O) groups excluding carboxylic acids is 3. The second-order valence-corrected chi connectivity index (χ2v) is 23.3. The SMILES string of the molecule is Cc1cc(-c2ccccc2)cc(C(=O)CNS(=O)(=O)c2ccccc2)c1F.Cc1cc(-c2ccccn2)cc(C(=O)CNS(=O)(=O)c2ccccc2)c1F.Cc1cc(-c2cccnc2)cc(C(=O)CNS(=O)(=O)c2ccccc2)c1F. The van der Waals surface area contributed by atoms with E-state index in [9.17, 15) is 52.8 Å².